The first-order valence-electron chi connectivity index (χ1n) is 14.2. The quantitative estimate of drug-likeness (QED) is 0.311. The minimum Gasteiger partial charge on any atom is -0.456 e. The maximum Gasteiger partial charge on any atom is 0.326 e. The highest BCUT2D eigenvalue weighted by Crippen LogP contribution is 2.27. The second-order valence-corrected chi connectivity index (χ2v) is 12.2. The summed E-state index contributed by atoms with van der Waals surface area (Å²) in [6.07, 6.45) is 4.26. The lowest BCUT2D eigenvalue weighted by Gasteiger charge is -2.30. The molecule has 41 heavy (non-hydrogen) atoms. The minimum atomic E-state index is -0.853. The average molecular weight is 566 g/mol. The number of esters is 1. The van der Waals surface area contributed by atoms with Crippen molar-refractivity contribution in [3.05, 3.63) is 71.3 Å². The lowest BCUT2D eigenvalue weighted by atomic mass is 9.88. The van der Waals surface area contributed by atoms with Gasteiger partial charge in [0.15, 0.2) is 0 Å². The monoisotopic (exact) mass is 565 g/mol. The van der Waals surface area contributed by atoms with Crippen LogP contribution in [-0.2, 0) is 30.3 Å². The third-order valence-electron chi connectivity index (χ3n) is 7.13. The average Bonchev–Trinajstić information content (AvgIpc) is 2.88. The van der Waals surface area contributed by atoms with E-state index in [4.69, 9.17) is 4.74 Å². The van der Waals surface area contributed by atoms with Crippen molar-refractivity contribution in [1.82, 2.24) is 15.5 Å². The third-order valence-corrected chi connectivity index (χ3v) is 7.13. The van der Waals surface area contributed by atoms with Crippen LogP contribution in [0, 0.1) is 11.3 Å². The van der Waals surface area contributed by atoms with Crippen LogP contribution in [0.1, 0.15) is 66.9 Å². The first-order chi connectivity index (χ1) is 19.1. The molecule has 0 aliphatic carbocycles. The molecule has 1 heterocycles. The number of amides is 3. The molecular formula is C33H47N3O5. The summed E-state index contributed by atoms with van der Waals surface area (Å²) in [7, 11) is 1.54. The number of nitrogens with zero attached hydrogens (tertiary/aromatic N) is 1. The maximum absolute atomic E-state index is 13.3. The number of ether oxygens (including phenoxy) is 1. The summed E-state index contributed by atoms with van der Waals surface area (Å²) in [6.45, 7) is 17.4. The molecule has 1 aromatic carbocycles. The van der Waals surface area contributed by atoms with Crippen LogP contribution >= 0.6 is 0 Å². The van der Waals surface area contributed by atoms with E-state index in [1.165, 1.54) is 11.9 Å². The number of cyclic esters (lactones) is 1. The fourth-order valence-corrected chi connectivity index (χ4v) is 5.06. The Morgan fingerprint density at radius 2 is 1.73 bits per heavy atom. The van der Waals surface area contributed by atoms with Gasteiger partial charge in [-0.2, -0.15) is 0 Å². The topological polar surface area (TPSA) is 105 Å². The molecule has 0 radical (unpaired) electrons. The van der Waals surface area contributed by atoms with Gasteiger partial charge in [0.2, 0.25) is 17.7 Å². The van der Waals surface area contributed by atoms with Gasteiger partial charge in [0.05, 0.1) is 0 Å². The number of carbonyl (C=O) groups is 4. The van der Waals surface area contributed by atoms with Gasteiger partial charge < -0.3 is 20.3 Å². The van der Waals surface area contributed by atoms with Crippen LogP contribution in [0.3, 0.4) is 0 Å². The van der Waals surface area contributed by atoms with Crippen LogP contribution in [0.25, 0.3) is 0 Å². The van der Waals surface area contributed by atoms with E-state index in [2.05, 4.69) is 44.1 Å². The summed E-state index contributed by atoms with van der Waals surface area (Å²) in [4.78, 5) is 53.9. The highest BCUT2D eigenvalue weighted by molar-refractivity contribution is 5.93. The first kappa shape index (κ1) is 33.5. The van der Waals surface area contributed by atoms with Crippen molar-refractivity contribution in [2.24, 2.45) is 11.3 Å². The van der Waals surface area contributed by atoms with Crippen LogP contribution in [0.5, 0.6) is 0 Å². The van der Waals surface area contributed by atoms with Crippen LogP contribution in [0.15, 0.2) is 65.8 Å². The molecule has 2 N–H and O–H groups in total. The zero-order chi connectivity index (χ0) is 30.9. The number of likely N-dealkylation sites (N-methyl/N-ethyl adjacent to an activating group) is 1. The standard InChI is InChI=1S/C33H47N3O5/c1-21(19-33(6,7)8)17-23(3)30-24(4)22(2)18-28(37)35-25(5)32(40)36(9)27(31(39)34-20-29(38)41-30)16-15-26-13-11-10-12-14-26/h10-14,17,19,24-25,27,30H,2,15-16,18,20H2,1,3-9H3,(H,34,39)(H,35,37)/b21-19+,23-17+/t24-,25+,27?,30+/m1/s1. The molecule has 0 spiro atoms. The molecule has 1 aliphatic rings. The summed E-state index contributed by atoms with van der Waals surface area (Å²) in [6, 6.07) is 7.94. The lowest BCUT2D eigenvalue weighted by Crippen LogP contribution is -2.54. The van der Waals surface area contributed by atoms with E-state index in [1.807, 2.05) is 57.2 Å². The van der Waals surface area contributed by atoms with Gasteiger partial charge in [0, 0.05) is 19.4 Å². The Hall–Kier alpha value is -3.68. The van der Waals surface area contributed by atoms with Gasteiger partial charge in [0.25, 0.3) is 0 Å². The minimum absolute atomic E-state index is 0.0325. The van der Waals surface area contributed by atoms with Gasteiger partial charge >= 0.3 is 5.97 Å². The van der Waals surface area contributed by atoms with Crippen LogP contribution in [0.2, 0.25) is 0 Å². The second kappa shape index (κ2) is 14.8. The van der Waals surface area contributed by atoms with Crippen molar-refractivity contribution in [1.29, 1.82) is 0 Å². The number of nitrogens with one attached hydrogen (secondary N) is 2. The summed E-state index contributed by atoms with van der Waals surface area (Å²) >= 11 is 0. The molecule has 1 aliphatic heterocycles. The van der Waals surface area contributed by atoms with Crippen LogP contribution < -0.4 is 10.6 Å². The number of carbonyl (C=O) groups excluding carboxylic acids is 4. The molecule has 2 rings (SSSR count). The number of allylic oxidation sites excluding steroid dienone is 3. The molecule has 1 saturated heterocycles. The van der Waals surface area contributed by atoms with E-state index >= 15 is 0 Å². The normalized spacial score (nSPS) is 24.7. The largest absolute Gasteiger partial charge is 0.456 e. The molecule has 4 atom stereocenters. The van der Waals surface area contributed by atoms with E-state index < -0.39 is 41.9 Å². The van der Waals surface area contributed by atoms with Gasteiger partial charge in [-0.15, -0.1) is 0 Å². The number of hydrogen-bond donors (Lipinski definition) is 2. The molecule has 8 nitrogen and oxygen atoms in total. The Kier molecular flexibility index (Phi) is 12.1. The van der Waals surface area contributed by atoms with Crippen molar-refractivity contribution in [3.8, 4) is 0 Å². The van der Waals surface area contributed by atoms with E-state index in [-0.39, 0.29) is 24.3 Å². The fourth-order valence-electron chi connectivity index (χ4n) is 5.06. The highest BCUT2D eigenvalue weighted by Gasteiger charge is 2.32. The molecule has 3 amide bonds. The molecular weight excluding hydrogens is 518 g/mol. The number of hydrogen-bond acceptors (Lipinski definition) is 5. The summed E-state index contributed by atoms with van der Waals surface area (Å²) in [5, 5.41) is 5.42. The molecule has 1 aromatic rings. The van der Waals surface area contributed by atoms with Gasteiger partial charge in [0.1, 0.15) is 24.7 Å². The third kappa shape index (κ3) is 10.7. The SMILES string of the molecule is C=C1CC(=O)N[C@@H](C)C(=O)N(C)C(CCc2ccccc2)C(=O)NCC(=O)O[C@@H](/C(C)=C/C(C)=C/C(C)(C)C)[C@@H]1C. The first-order valence-corrected chi connectivity index (χ1v) is 14.2. The van der Waals surface area contributed by atoms with E-state index in [0.29, 0.717) is 18.4 Å². The van der Waals surface area contributed by atoms with Gasteiger partial charge in [-0.05, 0) is 50.2 Å². The molecule has 1 unspecified atom stereocenters. The van der Waals surface area contributed by atoms with Crippen molar-refractivity contribution >= 4 is 23.7 Å². The van der Waals surface area contributed by atoms with Gasteiger partial charge in [-0.3, -0.25) is 19.2 Å². The highest BCUT2D eigenvalue weighted by atomic mass is 16.5. The summed E-state index contributed by atoms with van der Waals surface area (Å²) in [5.74, 6) is -2.24. The number of rotatable bonds is 5. The number of aryl methyl sites for hydroxylation is 1. The van der Waals surface area contributed by atoms with E-state index in [0.717, 1.165) is 16.7 Å². The van der Waals surface area contributed by atoms with Crippen molar-refractivity contribution in [3.63, 3.8) is 0 Å². The Morgan fingerprint density at radius 1 is 1.10 bits per heavy atom. The summed E-state index contributed by atoms with van der Waals surface area (Å²) in [5.41, 5.74) is 3.37. The Labute approximate surface area is 245 Å². The van der Waals surface area contributed by atoms with Crippen LogP contribution in [-0.4, -0.2) is 60.4 Å². The van der Waals surface area contributed by atoms with Crippen molar-refractivity contribution in [2.45, 2.75) is 85.9 Å². The molecule has 0 bridgehead atoms. The Balaban J connectivity index is 2.39. The zero-order valence-electron chi connectivity index (χ0n) is 25.9. The smallest absolute Gasteiger partial charge is 0.326 e. The Bertz CT molecular complexity index is 1180. The maximum atomic E-state index is 13.3. The predicted octanol–water partition coefficient (Wildman–Crippen LogP) is 4.51. The van der Waals surface area contributed by atoms with Crippen molar-refractivity contribution in [2.75, 3.05) is 13.6 Å². The predicted molar refractivity (Wildman–Crippen MR) is 162 cm³/mol. The fraction of sp³-hybridized carbons (Fsp3) is 0.515. The Morgan fingerprint density at radius 3 is 2.34 bits per heavy atom. The second-order valence-electron chi connectivity index (χ2n) is 12.2. The molecule has 0 saturated carbocycles. The van der Waals surface area contributed by atoms with E-state index in [1.54, 1.807) is 6.92 Å². The molecule has 224 valence electrons. The van der Waals surface area contributed by atoms with Gasteiger partial charge in [-0.25, -0.2) is 0 Å². The zero-order valence-corrected chi connectivity index (χ0v) is 25.9. The van der Waals surface area contributed by atoms with Crippen LogP contribution in [0.4, 0.5) is 0 Å². The number of benzene rings is 1. The molecule has 8 heteroatoms. The molecule has 1 fully saturated rings. The lowest BCUT2D eigenvalue weighted by molar-refractivity contribution is -0.149. The summed E-state index contributed by atoms with van der Waals surface area (Å²) < 4.78 is 5.90. The van der Waals surface area contributed by atoms with E-state index in [9.17, 15) is 19.2 Å². The van der Waals surface area contributed by atoms with Crippen molar-refractivity contribution < 1.29 is 23.9 Å². The molecule has 0 aromatic heterocycles. The van der Waals surface area contributed by atoms with Gasteiger partial charge in [-0.1, -0.05) is 87.9 Å².